The number of alkyl halides is 3. The number of halogens is 3. The molecule has 1 fully saturated rings. The van der Waals surface area contributed by atoms with Crippen LogP contribution in [0.4, 0.5) is 18.9 Å². The molecule has 0 aromatic heterocycles. The van der Waals surface area contributed by atoms with E-state index in [4.69, 9.17) is 0 Å². The molecule has 2 heterocycles. The van der Waals surface area contributed by atoms with Crippen molar-refractivity contribution in [2.24, 2.45) is 10.3 Å². The van der Waals surface area contributed by atoms with Crippen LogP contribution in [0.1, 0.15) is 11.1 Å². The maximum atomic E-state index is 12.9. The molecule has 0 spiro atoms. The van der Waals surface area contributed by atoms with Crippen LogP contribution < -0.4 is 4.90 Å². The lowest BCUT2D eigenvalue weighted by Crippen LogP contribution is -2.39. The van der Waals surface area contributed by atoms with Crippen molar-refractivity contribution in [2.45, 2.75) is 24.8 Å². The molecule has 0 unspecified atom stereocenters. The third-order valence-electron chi connectivity index (χ3n) is 4.47. The maximum absolute atomic E-state index is 12.9. The van der Waals surface area contributed by atoms with E-state index < -0.39 is 35.6 Å². The lowest BCUT2D eigenvalue weighted by molar-refractivity contribution is -0.137. The molecule has 2 aliphatic rings. The summed E-state index contributed by atoms with van der Waals surface area (Å²) in [6, 6.07) is 11.3. The second-order valence-corrected chi connectivity index (χ2v) is 6.24. The number of rotatable bonds is 3. The zero-order chi connectivity index (χ0) is 19.2. The molecule has 2 amide bonds. The smallest absolute Gasteiger partial charge is 0.271 e. The highest BCUT2D eigenvalue weighted by molar-refractivity contribution is 6.25. The molecule has 27 heavy (non-hydrogen) atoms. The van der Waals surface area contributed by atoms with Gasteiger partial charge in [-0.05, 0) is 29.8 Å². The SMILES string of the molecule is O=C1[C@@H]2[C@@H](N=NN2Cc2cccc(C(F)(F)F)c2)C(=O)N1c1ccccc1. The Morgan fingerprint density at radius 1 is 0.963 bits per heavy atom. The zero-order valence-electron chi connectivity index (χ0n) is 13.8. The van der Waals surface area contributed by atoms with Gasteiger partial charge in [0.15, 0.2) is 12.1 Å². The molecule has 0 saturated carbocycles. The van der Waals surface area contributed by atoms with Crippen LogP contribution in [-0.4, -0.2) is 28.9 Å². The van der Waals surface area contributed by atoms with E-state index >= 15 is 0 Å². The number of anilines is 1. The summed E-state index contributed by atoms with van der Waals surface area (Å²) in [7, 11) is 0. The fraction of sp³-hybridized carbons (Fsp3) is 0.222. The van der Waals surface area contributed by atoms with Gasteiger partial charge in [0.05, 0.1) is 17.8 Å². The molecule has 0 bridgehead atoms. The largest absolute Gasteiger partial charge is 0.416 e. The first-order chi connectivity index (χ1) is 12.9. The summed E-state index contributed by atoms with van der Waals surface area (Å²) in [5.41, 5.74) is -0.0358. The van der Waals surface area contributed by atoms with E-state index in [2.05, 4.69) is 10.3 Å². The van der Waals surface area contributed by atoms with Gasteiger partial charge in [-0.25, -0.2) is 4.90 Å². The molecule has 0 aliphatic carbocycles. The predicted octanol–water partition coefficient (Wildman–Crippen LogP) is 3.20. The first-order valence-electron chi connectivity index (χ1n) is 8.12. The summed E-state index contributed by atoms with van der Waals surface area (Å²) in [5, 5.41) is 8.98. The minimum absolute atomic E-state index is 0.0593. The molecule has 2 aromatic rings. The van der Waals surface area contributed by atoms with Crippen LogP contribution in [0.15, 0.2) is 64.9 Å². The summed E-state index contributed by atoms with van der Waals surface area (Å²) in [6.07, 6.45) is -4.46. The molecular formula is C18H13F3N4O2. The fourth-order valence-electron chi connectivity index (χ4n) is 3.22. The summed E-state index contributed by atoms with van der Waals surface area (Å²) in [6.45, 7) is -0.0593. The molecule has 138 valence electrons. The lowest BCUT2D eigenvalue weighted by atomic mass is 10.1. The number of fused-ring (bicyclic) bond motifs is 1. The number of benzene rings is 2. The van der Waals surface area contributed by atoms with Gasteiger partial charge in [-0.2, -0.15) is 18.3 Å². The number of hydrogen-bond acceptors (Lipinski definition) is 5. The van der Waals surface area contributed by atoms with Crippen molar-refractivity contribution in [3.63, 3.8) is 0 Å². The third-order valence-corrected chi connectivity index (χ3v) is 4.47. The highest BCUT2D eigenvalue weighted by atomic mass is 19.4. The summed E-state index contributed by atoms with van der Waals surface area (Å²) in [4.78, 5) is 26.4. The van der Waals surface area contributed by atoms with Crippen molar-refractivity contribution in [2.75, 3.05) is 4.90 Å². The number of imide groups is 1. The number of hydrogen-bond donors (Lipinski definition) is 0. The Labute approximate surface area is 151 Å². The van der Waals surface area contributed by atoms with E-state index in [1.807, 2.05) is 0 Å². The van der Waals surface area contributed by atoms with Crippen molar-refractivity contribution >= 4 is 17.5 Å². The minimum Gasteiger partial charge on any atom is -0.271 e. The molecule has 0 N–H and O–H groups in total. The zero-order valence-corrected chi connectivity index (χ0v) is 13.8. The van der Waals surface area contributed by atoms with Gasteiger partial charge in [-0.3, -0.25) is 14.6 Å². The van der Waals surface area contributed by atoms with Crippen LogP contribution in [0, 0.1) is 0 Å². The molecular weight excluding hydrogens is 361 g/mol. The summed E-state index contributed by atoms with van der Waals surface area (Å²) < 4.78 is 38.7. The summed E-state index contributed by atoms with van der Waals surface area (Å²) in [5.74, 6) is -0.986. The highest BCUT2D eigenvalue weighted by Gasteiger charge is 2.54. The number of para-hydroxylation sites is 1. The maximum Gasteiger partial charge on any atom is 0.416 e. The van der Waals surface area contributed by atoms with E-state index in [-0.39, 0.29) is 6.54 Å². The Morgan fingerprint density at radius 2 is 1.70 bits per heavy atom. The minimum atomic E-state index is -4.46. The number of carbonyl (C=O) groups is 2. The van der Waals surface area contributed by atoms with Gasteiger partial charge in [-0.1, -0.05) is 35.6 Å². The monoisotopic (exact) mass is 374 g/mol. The lowest BCUT2D eigenvalue weighted by Gasteiger charge is -2.21. The van der Waals surface area contributed by atoms with Crippen molar-refractivity contribution in [1.29, 1.82) is 0 Å². The quantitative estimate of drug-likeness (QED) is 0.775. The van der Waals surface area contributed by atoms with Crippen LogP contribution >= 0.6 is 0 Å². The van der Waals surface area contributed by atoms with Crippen molar-refractivity contribution in [3.05, 3.63) is 65.7 Å². The number of carbonyl (C=O) groups excluding carboxylic acids is 2. The van der Waals surface area contributed by atoms with Crippen molar-refractivity contribution in [3.8, 4) is 0 Å². The molecule has 0 radical (unpaired) electrons. The molecule has 2 atom stereocenters. The molecule has 6 nitrogen and oxygen atoms in total. The van der Waals surface area contributed by atoms with Crippen LogP contribution in [0.25, 0.3) is 0 Å². The van der Waals surface area contributed by atoms with E-state index in [0.717, 1.165) is 17.0 Å². The second kappa shape index (κ2) is 6.19. The van der Waals surface area contributed by atoms with Crippen molar-refractivity contribution in [1.82, 2.24) is 5.01 Å². The third kappa shape index (κ3) is 2.94. The van der Waals surface area contributed by atoms with E-state index in [0.29, 0.717) is 11.3 Å². The Hall–Kier alpha value is -3.23. The average Bonchev–Trinajstić information content (AvgIpc) is 3.16. The van der Waals surface area contributed by atoms with Gasteiger partial charge in [-0.15, -0.1) is 0 Å². The van der Waals surface area contributed by atoms with Gasteiger partial charge >= 0.3 is 6.18 Å². The van der Waals surface area contributed by atoms with Crippen LogP contribution in [-0.2, 0) is 22.3 Å². The first kappa shape index (κ1) is 17.2. The number of nitrogens with zero attached hydrogens (tertiary/aromatic N) is 4. The van der Waals surface area contributed by atoms with E-state index in [1.54, 1.807) is 30.3 Å². The van der Waals surface area contributed by atoms with Gasteiger partial charge in [0.1, 0.15) is 0 Å². The molecule has 2 aliphatic heterocycles. The molecule has 1 saturated heterocycles. The van der Waals surface area contributed by atoms with E-state index in [1.165, 1.54) is 17.1 Å². The van der Waals surface area contributed by atoms with Gasteiger partial charge < -0.3 is 0 Å². The number of amides is 2. The van der Waals surface area contributed by atoms with E-state index in [9.17, 15) is 22.8 Å². The second-order valence-electron chi connectivity index (χ2n) is 6.24. The van der Waals surface area contributed by atoms with Gasteiger partial charge in [0.2, 0.25) is 0 Å². The molecule has 9 heteroatoms. The summed E-state index contributed by atoms with van der Waals surface area (Å²) >= 11 is 0. The molecule has 2 aromatic carbocycles. The Bertz CT molecular complexity index is 930. The standard InChI is InChI=1S/C18H13F3N4O2/c19-18(20,21)12-6-4-5-11(9-12)10-24-15-14(22-23-24)16(26)25(17(15)27)13-7-2-1-3-8-13/h1-9,14-15H,10H2/t14-,15+/m1/s1. The average molecular weight is 374 g/mol. The Kier molecular flexibility index (Phi) is 3.94. The Balaban J connectivity index is 1.58. The topological polar surface area (TPSA) is 65.3 Å². The Morgan fingerprint density at radius 3 is 2.41 bits per heavy atom. The fourth-order valence-corrected chi connectivity index (χ4v) is 3.22. The highest BCUT2D eigenvalue weighted by Crippen LogP contribution is 2.34. The van der Waals surface area contributed by atoms with Crippen LogP contribution in [0.2, 0.25) is 0 Å². The molecule has 4 rings (SSSR count). The van der Waals surface area contributed by atoms with Crippen molar-refractivity contribution < 1.29 is 22.8 Å². The first-order valence-corrected chi connectivity index (χ1v) is 8.12. The van der Waals surface area contributed by atoms with Crippen LogP contribution in [0.3, 0.4) is 0 Å². The van der Waals surface area contributed by atoms with Gasteiger partial charge in [0, 0.05) is 0 Å². The van der Waals surface area contributed by atoms with Crippen LogP contribution in [0.5, 0.6) is 0 Å². The normalized spacial score (nSPS) is 21.9. The predicted molar refractivity (Wildman–Crippen MR) is 88.4 cm³/mol. The van der Waals surface area contributed by atoms with Gasteiger partial charge in [0.25, 0.3) is 11.8 Å².